The number of hydrogen-bond donors (Lipinski definition) is 1. The van der Waals surface area contributed by atoms with E-state index in [0.29, 0.717) is 0 Å². The smallest absolute Gasteiger partial charge is 0.264 e. The molecule has 0 unspecified atom stereocenters. The molecule has 0 heterocycles. The van der Waals surface area contributed by atoms with Crippen LogP contribution in [0.1, 0.15) is 22.3 Å². The molecule has 0 aliphatic rings. The maximum absolute atomic E-state index is 15.1. The summed E-state index contributed by atoms with van der Waals surface area (Å²) in [5.74, 6) is -1.85. The monoisotopic (exact) mass is 587 g/mol. The van der Waals surface area contributed by atoms with Gasteiger partial charge in [0.2, 0.25) is 11.8 Å². The highest BCUT2D eigenvalue weighted by atomic mass is 32.2. The maximum Gasteiger partial charge on any atom is 0.264 e. The molecule has 0 aliphatic carbocycles. The number of nitrogens with zero attached hydrogens (tertiary/aromatic N) is 2. The van der Waals surface area contributed by atoms with Gasteiger partial charge in [-0.3, -0.25) is 13.9 Å². The highest BCUT2D eigenvalue weighted by Gasteiger charge is 2.35. The van der Waals surface area contributed by atoms with E-state index in [1.807, 2.05) is 68.4 Å². The summed E-state index contributed by atoms with van der Waals surface area (Å²) in [4.78, 5) is 28.9. The number of hydrogen-bond acceptors (Lipinski definition) is 4. The van der Waals surface area contributed by atoms with Crippen LogP contribution >= 0.6 is 0 Å². The number of halogens is 1. The number of anilines is 1. The van der Waals surface area contributed by atoms with E-state index < -0.39 is 40.2 Å². The summed E-state index contributed by atoms with van der Waals surface area (Å²) in [6.45, 7) is 3.05. The molecule has 4 rings (SSSR count). The van der Waals surface area contributed by atoms with Crippen molar-refractivity contribution in [2.75, 3.05) is 17.9 Å². The van der Waals surface area contributed by atoms with Gasteiger partial charge in [-0.05, 0) is 54.8 Å². The second-order valence-electron chi connectivity index (χ2n) is 10.0. The molecule has 42 heavy (non-hydrogen) atoms. The summed E-state index contributed by atoms with van der Waals surface area (Å²) in [5.41, 5.74) is 3.12. The molecule has 0 aliphatic heterocycles. The fourth-order valence-corrected chi connectivity index (χ4v) is 6.12. The van der Waals surface area contributed by atoms with Crippen LogP contribution in [-0.2, 0) is 32.6 Å². The number of likely N-dealkylation sites (N-methyl/N-ethyl adjacent to an activating group) is 1. The Kier molecular flexibility index (Phi) is 9.75. The number of amides is 2. The number of benzene rings is 4. The van der Waals surface area contributed by atoms with Gasteiger partial charge in [-0.2, -0.15) is 0 Å². The van der Waals surface area contributed by atoms with Crippen LogP contribution in [0.4, 0.5) is 10.1 Å². The van der Waals surface area contributed by atoms with Crippen LogP contribution in [0, 0.1) is 19.7 Å². The van der Waals surface area contributed by atoms with Gasteiger partial charge in [0.15, 0.2) is 0 Å². The fraction of sp³-hybridized carbons (Fsp3) is 0.212. The normalized spacial score (nSPS) is 11.9. The van der Waals surface area contributed by atoms with Crippen LogP contribution in [-0.4, -0.2) is 44.8 Å². The fourth-order valence-electron chi connectivity index (χ4n) is 4.70. The summed E-state index contributed by atoms with van der Waals surface area (Å²) in [7, 11) is -2.88. The zero-order valence-electron chi connectivity index (χ0n) is 23.8. The lowest BCUT2D eigenvalue weighted by atomic mass is 10.0. The Bertz CT molecular complexity index is 1640. The molecular formula is C33H34FN3O4S. The zero-order valence-corrected chi connectivity index (χ0v) is 24.6. The molecule has 9 heteroatoms. The summed E-state index contributed by atoms with van der Waals surface area (Å²) in [6, 6.07) is 27.3. The Hall–Kier alpha value is -4.50. The largest absolute Gasteiger partial charge is 0.357 e. The first kappa shape index (κ1) is 30.5. The molecule has 0 bridgehead atoms. The molecule has 4 aromatic carbocycles. The molecule has 0 saturated heterocycles. The summed E-state index contributed by atoms with van der Waals surface area (Å²) in [6.07, 6.45) is 0.197. The molecular weight excluding hydrogens is 553 g/mol. The molecule has 0 radical (unpaired) electrons. The first-order valence-electron chi connectivity index (χ1n) is 13.5. The molecule has 2 amide bonds. The SMILES string of the molecule is CNC(=O)[C@@H](Cc1ccccc1)N(Cc1ccccc1C)C(=O)CN(c1ccccc1F)S(=O)(=O)c1ccc(C)cc1. The van der Waals surface area contributed by atoms with Gasteiger partial charge in [-0.15, -0.1) is 0 Å². The minimum Gasteiger partial charge on any atom is -0.357 e. The van der Waals surface area contributed by atoms with E-state index in [0.717, 1.165) is 32.6 Å². The van der Waals surface area contributed by atoms with Crippen LogP contribution in [0.3, 0.4) is 0 Å². The molecule has 4 aromatic rings. The van der Waals surface area contributed by atoms with Crippen molar-refractivity contribution < 1.29 is 22.4 Å². The third-order valence-corrected chi connectivity index (χ3v) is 8.90. The molecule has 218 valence electrons. The molecule has 1 N–H and O–H groups in total. The van der Waals surface area contributed by atoms with Crippen LogP contribution in [0.25, 0.3) is 0 Å². The van der Waals surface area contributed by atoms with Crippen molar-refractivity contribution in [3.63, 3.8) is 0 Å². The average molecular weight is 588 g/mol. The molecule has 1 atom stereocenters. The van der Waals surface area contributed by atoms with E-state index in [-0.39, 0.29) is 23.5 Å². The van der Waals surface area contributed by atoms with E-state index in [2.05, 4.69) is 5.32 Å². The van der Waals surface area contributed by atoms with E-state index in [1.54, 1.807) is 12.1 Å². The van der Waals surface area contributed by atoms with E-state index in [9.17, 15) is 18.0 Å². The summed E-state index contributed by atoms with van der Waals surface area (Å²) < 4.78 is 43.8. The van der Waals surface area contributed by atoms with Crippen molar-refractivity contribution in [1.82, 2.24) is 10.2 Å². The highest BCUT2D eigenvalue weighted by molar-refractivity contribution is 7.92. The van der Waals surface area contributed by atoms with Crippen molar-refractivity contribution in [3.05, 3.63) is 131 Å². The third kappa shape index (κ3) is 7.03. The van der Waals surface area contributed by atoms with Gasteiger partial charge in [-0.1, -0.05) is 84.4 Å². The van der Waals surface area contributed by atoms with Crippen LogP contribution in [0.15, 0.2) is 108 Å². The second kappa shape index (κ2) is 13.4. The Morgan fingerprint density at radius 2 is 1.45 bits per heavy atom. The molecule has 7 nitrogen and oxygen atoms in total. The lowest BCUT2D eigenvalue weighted by Crippen LogP contribution is -2.53. The van der Waals surface area contributed by atoms with Crippen molar-refractivity contribution in [2.24, 2.45) is 0 Å². The van der Waals surface area contributed by atoms with Crippen molar-refractivity contribution in [1.29, 1.82) is 0 Å². The Labute approximate surface area is 246 Å². The number of sulfonamides is 1. The van der Waals surface area contributed by atoms with Crippen molar-refractivity contribution in [3.8, 4) is 0 Å². The standard InChI is InChI=1S/C33H34FN3O4S/c1-24-17-19-28(20-18-24)42(40,41)37(30-16-10-9-15-29(30)34)23-32(38)36(22-27-14-8-7-11-25(27)2)31(33(39)35-3)21-26-12-5-4-6-13-26/h4-20,31H,21-23H2,1-3H3,(H,35,39)/t31-/m1/s1. The third-order valence-electron chi connectivity index (χ3n) is 7.13. The lowest BCUT2D eigenvalue weighted by molar-refractivity contribution is -0.139. The van der Waals surface area contributed by atoms with Gasteiger partial charge in [-0.25, -0.2) is 12.8 Å². The second-order valence-corrected chi connectivity index (χ2v) is 11.9. The summed E-state index contributed by atoms with van der Waals surface area (Å²) in [5, 5.41) is 2.65. The molecule has 0 fully saturated rings. The minimum atomic E-state index is -4.37. The zero-order chi connectivity index (χ0) is 30.3. The van der Waals surface area contributed by atoms with Crippen LogP contribution in [0.2, 0.25) is 0 Å². The number of rotatable bonds is 11. The molecule has 0 spiro atoms. The Balaban J connectivity index is 1.80. The number of para-hydroxylation sites is 1. The number of nitrogens with one attached hydrogen (secondary N) is 1. The van der Waals surface area contributed by atoms with Crippen LogP contribution < -0.4 is 9.62 Å². The van der Waals surface area contributed by atoms with E-state index in [4.69, 9.17) is 0 Å². The maximum atomic E-state index is 15.1. The van der Waals surface area contributed by atoms with Gasteiger partial charge in [0, 0.05) is 20.0 Å². The van der Waals surface area contributed by atoms with E-state index >= 15 is 4.39 Å². The summed E-state index contributed by atoms with van der Waals surface area (Å²) >= 11 is 0. The lowest BCUT2D eigenvalue weighted by Gasteiger charge is -2.34. The van der Waals surface area contributed by atoms with Gasteiger partial charge < -0.3 is 10.2 Å². The topological polar surface area (TPSA) is 86.8 Å². The first-order valence-corrected chi connectivity index (χ1v) is 15.0. The van der Waals surface area contributed by atoms with Gasteiger partial charge in [0.1, 0.15) is 18.4 Å². The van der Waals surface area contributed by atoms with Crippen molar-refractivity contribution in [2.45, 2.75) is 37.8 Å². The highest BCUT2D eigenvalue weighted by Crippen LogP contribution is 2.27. The van der Waals surface area contributed by atoms with Gasteiger partial charge >= 0.3 is 0 Å². The minimum absolute atomic E-state index is 0.0477. The van der Waals surface area contributed by atoms with Crippen LogP contribution in [0.5, 0.6) is 0 Å². The first-order chi connectivity index (χ1) is 20.1. The van der Waals surface area contributed by atoms with Gasteiger partial charge in [0.25, 0.3) is 10.0 Å². The predicted octanol–water partition coefficient (Wildman–Crippen LogP) is 5.02. The Morgan fingerprint density at radius 1 is 0.833 bits per heavy atom. The average Bonchev–Trinajstić information content (AvgIpc) is 2.99. The van der Waals surface area contributed by atoms with E-state index in [1.165, 1.54) is 42.3 Å². The quantitative estimate of drug-likeness (QED) is 0.267. The number of carbonyl (C=O) groups is 2. The number of carbonyl (C=O) groups excluding carboxylic acids is 2. The Morgan fingerprint density at radius 3 is 2.10 bits per heavy atom. The van der Waals surface area contributed by atoms with Crippen molar-refractivity contribution >= 4 is 27.5 Å². The number of aryl methyl sites for hydroxylation is 2. The molecule has 0 aromatic heterocycles. The van der Waals surface area contributed by atoms with Gasteiger partial charge in [0.05, 0.1) is 10.6 Å². The predicted molar refractivity (Wildman–Crippen MR) is 162 cm³/mol. The molecule has 0 saturated carbocycles.